The Balaban J connectivity index is 2.72. The summed E-state index contributed by atoms with van der Waals surface area (Å²) in [4.78, 5) is 0. The van der Waals surface area contributed by atoms with Crippen molar-refractivity contribution < 1.29 is 0 Å². The molecule has 0 aliphatic heterocycles. The van der Waals surface area contributed by atoms with Gasteiger partial charge in [0.05, 0.1) is 5.69 Å². The van der Waals surface area contributed by atoms with E-state index in [-0.39, 0.29) is 0 Å². The van der Waals surface area contributed by atoms with Gasteiger partial charge < -0.3 is 5.32 Å². The van der Waals surface area contributed by atoms with Gasteiger partial charge >= 0.3 is 0 Å². The molecule has 0 aliphatic rings. The van der Waals surface area contributed by atoms with Crippen molar-refractivity contribution in [3.63, 3.8) is 0 Å². The van der Waals surface area contributed by atoms with Gasteiger partial charge in [-0.15, -0.1) is 6.58 Å². The van der Waals surface area contributed by atoms with E-state index in [1.54, 1.807) is 0 Å². The summed E-state index contributed by atoms with van der Waals surface area (Å²) in [5.41, 5.74) is 3.75. The normalized spacial score (nSPS) is 10.6. The Morgan fingerprint density at radius 1 is 1.47 bits per heavy atom. The third-order valence-electron chi connectivity index (χ3n) is 2.66. The summed E-state index contributed by atoms with van der Waals surface area (Å²) in [6, 6.07) is 0. The average molecular weight is 207 g/mol. The van der Waals surface area contributed by atoms with Gasteiger partial charge in [0.25, 0.3) is 0 Å². The Hall–Kier alpha value is -1.09. The van der Waals surface area contributed by atoms with Crippen molar-refractivity contribution in [3.05, 3.63) is 29.6 Å². The summed E-state index contributed by atoms with van der Waals surface area (Å²) in [6.07, 6.45) is 4.13. The number of nitrogens with zero attached hydrogens (tertiary/aromatic N) is 2. The van der Waals surface area contributed by atoms with Crippen molar-refractivity contribution in [1.29, 1.82) is 0 Å². The smallest absolute Gasteiger partial charge is 0.0641 e. The van der Waals surface area contributed by atoms with Gasteiger partial charge in [0, 0.05) is 24.3 Å². The van der Waals surface area contributed by atoms with E-state index in [9.17, 15) is 0 Å². The van der Waals surface area contributed by atoms with E-state index >= 15 is 0 Å². The second-order valence-electron chi connectivity index (χ2n) is 3.83. The van der Waals surface area contributed by atoms with Crippen LogP contribution in [0, 0.1) is 13.8 Å². The maximum Gasteiger partial charge on any atom is 0.0641 e. The molecule has 0 amide bonds. The number of hydrogen-bond donors (Lipinski definition) is 1. The van der Waals surface area contributed by atoms with Crippen LogP contribution in [0.5, 0.6) is 0 Å². The van der Waals surface area contributed by atoms with Crippen molar-refractivity contribution in [2.75, 3.05) is 7.05 Å². The van der Waals surface area contributed by atoms with E-state index in [1.807, 2.05) is 13.1 Å². The van der Waals surface area contributed by atoms with E-state index in [0.29, 0.717) is 0 Å². The molecule has 1 aromatic heterocycles. The standard InChI is InChI=1S/C12H21N3/c1-5-6-7-8-15-11(3)12(9-13-4)10(2)14-15/h5,13H,1,6-9H2,2-4H3. The molecule has 0 bridgehead atoms. The van der Waals surface area contributed by atoms with Crippen LogP contribution >= 0.6 is 0 Å². The van der Waals surface area contributed by atoms with Gasteiger partial charge in [0.2, 0.25) is 0 Å². The Morgan fingerprint density at radius 2 is 2.20 bits per heavy atom. The fourth-order valence-corrected chi connectivity index (χ4v) is 1.77. The highest BCUT2D eigenvalue weighted by Gasteiger charge is 2.09. The number of nitrogens with one attached hydrogen (secondary N) is 1. The van der Waals surface area contributed by atoms with Crippen LogP contribution in [0.15, 0.2) is 12.7 Å². The van der Waals surface area contributed by atoms with Crippen molar-refractivity contribution in [2.24, 2.45) is 0 Å². The number of unbranched alkanes of at least 4 members (excludes halogenated alkanes) is 1. The molecule has 1 aromatic rings. The zero-order valence-corrected chi connectivity index (χ0v) is 10.0. The highest BCUT2D eigenvalue weighted by atomic mass is 15.3. The first-order valence-corrected chi connectivity index (χ1v) is 5.49. The minimum atomic E-state index is 0.902. The fraction of sp³-hybridized carbons (Fsp3) is 0.583. The van der Waals surface area contributed by atoms with Gasteiger partial charge in [0.1, 0.15) is 0 Å². The minimum Gasteiger partial charge on any atom is -0.316 e. The first-order chi connectivity index (χ1) is 7.20. The molecule has 3 heteroatoms. The molecular formula is C12H21N3. The van der Waals surface area contributed by atoms with E-state index in [1.165, 1.54) is 11.3 Å². The molecule has 0 atom stereocenters. The van der Waals surface area contributed by atoms with Crippen LogP contribution in [-0.2, 0) is 13.1 Å². The van der Waals surface area contributed by atoms with E-state index in [4.69, 9.17) is 0 Å². The molecule has 0 aliphatic carbocycles. The highest BCUT2D eigenvalue weighted by Crippen LogP contribution is 2.13. The van der Waals surface area contributed by atoms with Crippen LogP contribution < -0.4 is 5.32 Å². The number of allylic oxidation sites excluding steroid dienone is 1. The van der Waals surface area contributed by atoms with E-state index < -0.39 is 0 Å². The molecule has 0 aromatic carbocycles. The van der Waals surface area contributed by atoms with Gasteiger partial charge in [-0.2, -0.15) is 5.10 Å². The summed E-state index contributed by atoms with van der Waals surface area (Å²) in [7, 11) is 1.97. The maximum absolute atomic E-state index is 4.54. The van der Waals surface area contributed by atoms with Crippen LogP contribution in [0.1, 0.15) is 29.8 Å². The van der Waals surface area contributed by atoms with Crippen molar-refractivity contribution >= 4 is 0 Å². The number of aryl methyl sites for hydroxylation is 2. The number of rotatable bonds is 6. The van der Waals surface area contributed by atoms with Crippen LogP contribution in [0.2, 0.25) is 0 Å². The lowest BCUT2D eigenvalue weighted by atomic mass is 10.2. The molecule has 3 nitrogen and oxygen atoms in total. The zero-order chi connectivity index (χ0) is 11.3. The summed E-state index contributed by atoms with van der Waals surface area (Å²) < 4.78 is 2.10. The predicted octanol–water partition coefficient (Wildman–Crippen LogP) is 2.19. The molecular weight excluding hydrogens is 186 g/mol. The molecule has 84 valence electrons. The third kappa shape index (κ3) is 2.93. The topological polar surface area (TPSA) is 29.9 Å². The predicted molar refractivity (Wildman–Crippen MR) is 63.9 cm³/mol. The van der Waals surface area contributed by atoms with Crippen LogP contribution in [0.4, 0.5) is 0 Å². The lowest BCUT2D eigenvalue weighted by Crippen LogP contribution is -2.08. The van der Waals surface area contributed by atoms with Gasteiger partial charge in [-0.3, -0.25) is 4.68 Å². The Kier molecular flexibility index (Phi) is 4.56. The van der Waals surface area contributed by atoms with Crippen LogP contribution in [0.3, 0.4) is 0 Å². The summed E-state index contributed by atoms with van der Waals surface area (Å²) in [6.45, 7) is 9.83. The molecule has 0 radical (unpaired) electrons. The first kappa shape index (κ1) is 12.0. The average Bonchev–Trinajstić information content (AvgIpc) is 2.47. The molecule has 0 spiro atoms. The lowest BCUT2D eigenvalue weighted by Gasteiger charge is -2.04. The van der Waals surface area contributed by atoms with Crippen molar-refractivity contribution in [1.82, 2.24) is 15.1 Å². The Labute approximate surface area is 92.2 Å². The van der Waals surface area contributed by atoms with Gasteiger partial charge in [0.15, 0.2) is 0 Å². The van der Waals surface area contributed by atoms with E-state index in [0.717, 1.165) is 31.6 Å². The second kappa shape index (κ2) is 5.71. The summed E-state index contributed by atoms with van der Waals surface area (Å²) in [5, 5.41) is 7.72. The molecule has 15 heavy (non-hydrogen) atoms. The molecule has 0 saturated carbocycles. The van der Waals surface area contributed by atoms with Crippen molar-refractivity contribution in [2.45, 2.75) is 39.8 Å². The van der Waals surface area contributed by atoms with Crippen molar-refractivity contribution in [3.8, 4) is 0 Å². The molecule has 0 saturated heterocycles. The van der Waals surface area contributed by atoms with Crippen LogP contribution in [0.25, 0.3) is 0 Å². The minimum absolute atomic E-state index is 0.902. The first-order valence-electron chi connectivity index (χ1n) is 5.49. The summed E-state index contributed by atoms with van der Waals surface area (Å²) in [5.74, 6) is 0. The van der Waals surface area contributed by atoms with Gasteiger partial charge in [-0.1, -0.05) is 6.08 Å². The third-order valence-corrected chi connectivity index (χ3v) is 2.66. The molecule has 1 N–H and O–H groups in total. The Bertz CT molecular complexity index is 326. The second-order valence-corrected chi connectivity index (χ2v) is 3.83. The quantitative estimate of drug-likeness (QED) is 0.572. The van der Waals surface area contributed by atoms with Gasteiger partial charge in [-0.25, -0.2) is 0 Å². The molecule has 1 rings (SSSR count). The highest BCUT2D eigenvalue weighted by molar-refractivity contribution is 5.24. The number of aromatic nitrogens is 2. The molecule has 0 fully saturated rings. The monoisotopic (exact) mass is 207 g/mol. The zero-order valence-electron chi connectivity index (χ0n) is 10.0. The van der Waals surface area contributed by atoms with E-state index in [2.05, 4.69) is 35.5 Å². The SMILES string of the molecule is C=CCCCn1nc(C)c(CNC)c1C. The van der Waals surface area contributed by atoms with Gasteiger partial charge in [-0.05, 0) is 33.7 Å². The fourth-order valence-electron chi connectivity index (χ4n) is 1.77. The van der Waals surface area contributed by atoms with Crippen LogP contribution in [-0.4, -0.2) is 16.8 Å². The molecule has 0 unspecified atom stereocenters. The maximum atomic E-state index is 4.54. The lowest BCUT2D eigenvalue weighted by molar-refractivity contribution is 0.565. The molecule has 1 heterocycles. The summed E-state index contributed by atoms with van der Waals surface area (Å²) >= 11 is 0. The largest absolute Gasteiger partial charge is 0.316 e. The number of hydrogen-bond acceptors (Lipinski definition) is 2. The Morgan fingerprint density at radius 3 is 2.80 bits per heavy atom.